The predicted molar refractivity (Wildman–Crippen MR) is 53.6 cm³/mol. The molecule has 1 rings (SSSR count). The smallest absolute Gasteiger partial charge is 0.314 e. The van der Waals surface area contributed by atoms with Gasteiger partial charge < -0.3 is 9.90 Å². The Bertz CT molecular complexity index is 293. The molecule has 2 atom stereocenters. The molecule has 1 aliphatic heterocycles. The molecule has 0 radical (unpaired) electrons. The van der Waals surface area contributed by atoms with Crippen LogP contribution in [0.4, 0.5) is 0 Å². The Labute approximate surface area is 90.5 Å². The second-order valence-electron chi connectivity index (χ2n) is 5.12. The van der Waals surface area contributed by atoms with Crippen LogP contribution in [0.1, 0.15) is 40.5 Å². The number of likely N-dealkylation sites (tertiary alicyclic amines) is 1. The van der Waals surface area contributed by atoms with Crippen LogP contribution in [0.25, 0.3) is 0 Å². The molecule has 4 heteroatoms. The summed E-state index contributed by atoms with van der Waals surface area (Å²) in [5, 5.41) is 11.1. The van der Waals surface area contributed by atoms with Gasteiger partial charge in [0, 0.05) is 6.42 Å². The third-order valence-corrected chi connectivity index (χ3v) is 3.58. The highest BCUT2D eigenvalue weighted by atomic mass is 16.4. The summed E-state index contributed by atoms with van der Waals surface area (Å²) in [4.78, 5) is 23.1. The number of hydrogen-bond acceptors (Lipinski definition) is 3. The van der Waals surface area contributed by atoms with Gasteiger partial charge in [-0.05, 0) is 27.7 Å². The van der Waals surface area contributed by atoms with Gasteiger partial charge in [0.25, 0.3) is 0 Å². The van der Waals surface area contributed by atoms with E-state index < -0.39 is 12.0 Å². The van der Waals surface area contributed by atoms with Crippen LogP contribution in [0.15, 0.2) is 0 Å². The van der Waals surface area contributed by atoms with Gasteiger partial charge in [-0.2, -0.15) is 0 Å². The first kappa shape index (κ1) is 12.2. The maximum atomic E-state index is 12.0. The number of carbonyl (C=O) groups excluding carboxylic acids is 2. The molecule has 0 aromatic heterocycles. The normalized spacial score (nSPS) is 32.0. The molecule has 0 aromatic carbocycles. The first-order chi connectivity index (χ1) is 6.77. The zero-order valence-corrected chi connectivity index (χ0v) is 9.87. The van der Waals surface area contributed by atoms with E-state index >= 15 is 0 Å². The zero-order chi connectivity index (χ0) is 11.9. The molecule has 0 aliphatic carbocycles. The average molecular weight is 213 g/mol. The van der Waals surface area contributed by atoms with E-state index in [9.17, 15) is 14.7 Å². The first-order valence-electron chi connectivity index (χ1n) is 5.39. The number of carbonyl (C=O) groups is 2. The van der Waals surface area contributed by atoms with Crippen molar-refractivity contribution in [2.45, 2.75) is 52.1 Å². The van der Waals surface area contributed by atoms with Gasteiger partial charge in [-0.15, -0.1) is 0 Å². The standard InChI is InChI=1S/C11H19NO3/c1-5-12(11(2,3)4)8(10(14)15)6-7-9(12)13/h8H,5-7H2,1-4H3/t8-,12?/m0/s1. The summed E-state index contributed by atoms with van der Waals surface area (Å²) < 4.78 is 0.0231. The fourth-order valence-corrected chi connectivity index (χ4v) is 2.86. The number of likely N-dealkylation sites (N-methyl/N-ethyl adjacent to an activating group) is 1. The zero-order valence-electron chi connectivity index (χ0n) is 9.87. The molecule has 4 nitrogen and oxygen atoms in total. The van der Waals surface area contributed by atoms with E-state index in [2.05, 4.69) is 0 Å². The van der Waals surface area contributed by atoms with Gasteiger partial charge >= 0.3 is 5.91 Å². The Hall–Kier alpha value is -0.900. The first-order valence-corrected chi connectivity index (χ1v) is 5.39. The van der Waals surface area contributed by atoms with Crippen LogP contribution in [-0.2, 0) is 9.59 Å². The number of amides is 1. The van der Waals surface area contributed by atoms with E-state index in [0.717, 1.165) is 0 Å². The number of rotatable bonds is 2. The molecule has 15 heavy (non-hydrogen) atoms. The predicted octanol–water partition coefficient (Wildman–Crippen LogP) is 0.0605. The minimum Gasteiger partial charge on any atom is -0.544 e. The molecule has 0 spiro atoms. The third kappa shape index (κ3) is 1.57. The van der Waals surface area contributed by atoms with Crippen molar-refractivity contribution in [3.63, 3.8) is 0 Å². The van der Waals surface area contributed by atoms with Gasteiger partial charge in [-0.3, -0.25) is 0 Å². The SMILES string of the molecule is CC[N+]1(C(C)(C)C)C(=O)CC[C@H]1C(=O)[O-]. The van der Waals surface area contributed by atoms with E-state index in [-0.39, 0.29) is 15.9 Å². The summed E-state index contributed by atoms with van der Waals surface area (Å²) in [6.45, 7) is 8.12. The van der Waals surface area contributed by atoms with Gasteiger partial charge in [-0.1, -0.05) is 0 Å². The molecular formula is C11H19NO3. The summed E-state index contributed by atoms with van der Waals surface area (Å²) in [7, 11) is 0. The largest absolute Gasteiger partial charge is 0.544 e. The maximum absolute atomic E-state index is 12.0. The molecule has 1 unspecified atom stereocenters. The Morgan fingerprint density at radius 3 is 2.33 bits per heavy atom. The summed E-state index contributed by atoms with van der Waals surface area (Å²) in [6, 6.07) is -0.678. The highest BCUT2D eigenvalue weighted by molar-refractivity contribution is 5.80. The van der Waals surface area contributed by atoms with Crippen LogP contribution >= 0.6 is 0 Å². The summed E-state index contributed by atoms with van der Waals surface area (Å²) >= 11 is 0. The molecule has 1 aliphatic rings. The lowest BCUT2D eigenvalue weighted by Crippen LogP contribution is -2.68. The summed E-state index contributed by atoms with van der Waals surface area (Å²) in [5.41, 5.74) is -0.382. The molecular weight excluding hydrogens is 194 g/mol. The maximum Gasteiger partial charge on any atom is 0.314 e. The lowest BCUT2D eigenvalue weighted by Gasteiger charge is -2.47. The number of carboxylic acids is 1. The molecule has 1 fully saturated rings. The fourth-order valence-electron chi connectivity index (χ4n) is 2.86. The number of nitrogens with zero attached hydrogens (tertiary/aromatic N) is 1. The van der Waals surface area contributed by atoms with Crippen LogP contribution in [-0.4, -0.2) is 34.5 Å². The van der Waals surface area contributed by atoms with Gasteiger partial charge in [0.15, 0.2) is 0 Å². The third-order valence-electron chi connectivity index (χ3n) is 3.58. The Morgan fingerprint density at radius 2 is 2.07 bits per heavy atom. The minimum absolute atomic E-state index is 0.0231. The van der Waals surface area contributed by atoms with Gasteiger partial charge in [-0.25, -0.2) is 9.28 Å². The molecule has 86 valence electrons. The lowest BCUT2D eigenvalue weighted by molar-refractivity contribution is -0.908. The molecule has 0 N–H and O–H groups in total. The lowest BCUT2D eigenvalue weighted by atomic mass is 9.99. The van der Waals surface area contributed by atoms with Crippen LogP contribution in [0.5, 0.6) is 0 Å². The van der Waals surface area contributed by atoms with Crippen LogP contribution in [0, 0.1) is 0 Å². The van der Waals surface area contributed by atoms with Crippen molar-refractivity contribution >= 4 is 11.9 Å². The van der Waals surface area contributed by atoms with E-state index in [1.807, 2.05) is 27.7 Å². The van der Waals surface area contributed by atoms with Crippen molar-refractivity contribution in [2.75, 3.05) is 6.54 Å². The molecule has 1 heterocycles. The van der Waals surface area contributed by atoms with E-state index in [1.165, 1.54) is 0 Å². The van der Waals surface area contributed by atoms with Crippen molar-refractivity contribution in [2.24, 2.45) is 0 Å². The Morgan fingerprint density at radius 1 is 1.53 bits per heavy atom. The second-order valence-corrected chi connectivity index (χ2v) is 5.12. The Kier molecular flexibility index (Phi) is 2.92. The number of hydrogen-bond donors (Lipinski definition) is 0. The summed E-state index contributed by atoms with van der Waals surface area (Å²) in [6.07, 6.45) is 0.760. The molecule has 1 amide bonds. The van der Waals surface area contributed by atoms with E-state index in [1.54, 1.807) is 0 Å². The number of carboxylic acid groups (broad SMARTS) is 1. The van der Waals surface area contributed by atoms with Crippen molar-refractivity contribution in [1.29, 1.82) is 0 Å². The van der Waals surface area contributed by atoms with Crippen molar-refractivity contribution in [1.82, 2.24) is 0 Å². The average Bonchev–Trinajstić information content (AvgIpc) is 2.42. The highest BCUT2D eigenvalue weighted by Crippen LogP contribution is 2.37. The van der Waals surface area contributed by atoms with Crippen LogP contribution in [0.2, 0.25) is 0 Å². The van der Waals surface area contributed by atoms with Gasteiger partial charge in [0.2, 0.25) is 0 Å². The summed E-state index contributed by atoms with van der Waals surface area (Å²) in [5.74, 6) is -1.07. The highest BCUT2D eigenvalue weighted by Gasteiger charge is 2.55. The van der Waals surface area contributed by atoms with Crippen LogP contribution in [0.3, 0.4) is 0 Å². The van der Waals surface area contributed by atoms with Crippen molar-refractivity contribution < 1.29 is 19.2 Å². The molecule has 0 saturated carbocycles. The van der Waals surface area contributed by atoms with E-state index in [4.69, 9.17) is 0 Å². The second kappa shape index (κ2) is 3.59. The molecule has 0 aromatic rings. The number of quaternary nitrogens is 1. The van der Waals surface area contributed by atoms with Gasteiger partial charge in [0.1, 0.15) is 6.04 Å². The minimum atomic E-state index is -1.10. The van der Waals surface area contributed by atoms with Crippen LogP contribution < -0.4 is 5.11 Å². The molecule has 1 saturated heterocycles. The Balaban J connectivity index is 3.24. The quantitative estimate of drug-likeness (QED) is 0.609. The molecule has 0 bridgehead atoms. The van der Waals surface area contributed by atoms with E-state index in [0.29, 0.717) is 19.4 Å². The van der Waals surface area contributed by atoms with Crippen molar-refractivity contribution in [3.8, 4) is 0 Å². The van der Waals surface area contributed by atoms with Crippen molar-refractivity contribution in [3.05, 3.63) is 0 Å². The number of aliphatic carboxylic acids is 1. The topological polar surface area (TPSA) is 57.2 Å². The fraction of sp³-hybridized carbons (Fsp3) is 0.818. The monoisotopic (exact) mass is 213 g/mol. The van der Waals surface area contributed by atoms with Gasteiger partial charge in [0.05, 0.1) is 24.5 Å².